The summed E-state index contributed by atoms with van der Waals surface area (Å²) in [6.07, 6.45) is 12.0. The standard InChI is InChI=1S/C27H38N2O4/c1-32-22-9-8-10-23-21(22)17-27(20-33-23)13-4-5-14-28(27)15-6-7-16-29-24(30)18-26(19-25(29)31)11-2-3-12-26/h8-10H,2-7,11-20H2,1H3/t27-/m0/s1. The number of piperidine rings is 2. The number of unbranched alkanes of at least 4 members (excludes halogenated alkanes) is 1. The zero-order valence-corrected chi connectivity index (χ0v) is 20.1. The van der Waals surface area contributed by atoms with Crippen molar-refractivity contribution in [1.82, 2.24) is 9.80 Å². The SMILES string of the molecule is COc1cccc2c1C[C@@]1(CCCCN1CCCCN1C(=O)CC3(CCCC3)CC1=O)CO2. The van der Waals surface area contributed by atoms with Gasteiger partial charge in [0.15, 0.2) is 0 Å². The van der Waals surface area contributed by atoms with E-state index in [4.69, 9.17) is 9.47 Å². The summed E-state index contributed by atoms with van der Waals surface area (Å²) < 4.78 is 11.9. The highest BCUT2D eigenvalue weighted by atomic mass is 16.5. The predicted molar refractivity (Wildman–Crippen MR) is 126 cm³/mol. The van der Waals surface area contributed by atoms with Crippen LogP contribution in [0.25, 0.3) is 0 Å². The third-order valence-electron chi connectivity index (χ3n) is 8.68. The van der Waals surface area contributed by atoms with Gasteiger partial charge >= 0.3 is 0 Å². The van der Waals surface area contributed by atoms with Crippen LogP contribution in [0, 0.1) is 5.41 Å². The highest BCUT2D eigenvalue weighted by molar-refractivity contribution is 5.98. The van der Waals surface area contributed by atoms with Gasteiger partial charge in [-0.15, -0.1) is 0 Å². The second-order valence-corrected chi connectivity index (χ2v) is 10.8. The van der Waals surface area contributed by atoms with Crippen molar-refractivity contribution in [1.29, 1.82) is 0 Å². The van der Waals surface area contributed by atoms with E-state index in [-0.39, 0.29) is 22.8 Å². The lowest BCUT2D eigenvalue weighted by Gasteiger charge is -2.49. The van der Waals surface area contributed by atoms with Crippen LogP contribution in [-0.2, 0) is 16.0 Å². The van der Waals surface area contributed by atoms with Crippen LogP contribution >= 0.6 is 0 Å². The number of imide groups is 1. The van der Waals surface area contributed by atoms with Crippen molar-refractivity contribution in [3.05, 3.63) is 23.8 Å². The number of likely N-dealkylation sites (tertiary alicyclic amines) is 2. The molecule has 1 atom stereocenters. The molecule has 180 valence electrons. The highest BCUT2D eigenvalue weighted by Gasteiger charge is 2.45. The topological polar surface area (TPSA) is 59.1 Å². The Kier molecular flexibility index (Phi) is 6.39. The van der Waals surface area contributed by atoms with Crippen LogP contribution in [0.5, 0.6) is 11.5 Å². The summed E-state index contributed by atoms with van der Waals surface area (Å²) in [6, 6.07) is 6.06. The average molecular weight is 455 g/mol. The van der Waals surface area contributed by atoms with Crippen molar-refractivity contribution in [2.45, 2.75) is 82.6 Å². The van der Waals surface area contributed by atoms with E-state index in [0.717, 1.165) is 82.6 Å². The minimum Gasteiger partial charge on any atom is -0.496 e. The number of carbonyl (C=O) groups is 2. The van der Waals surface area contributed by atoms with Gasteiger partial charge in [0.2, 0.25) is 11.8 Å². The first-order chi connectivity index (χ1) is 16.0. The molecule has 1 aromatic carbocycles. The molecule has 3 fully saturated rings. The zero-order valence-electron chi connectivity index (χ0n) is 20.1. The maximum atomic E-state index is 12.7. The molecule has 2 saturated heterocycles. The summed E-state index contributed by atoms with van der Waals surface area (Å²) in [4.78, 5) is 29.7. The van der Waals surface area contributed by atoms with E-state index < -0.39 is 0 Å². The van der Waals surface area contributed by atoms with E-state index >= 15 is 0 Å². The molecule has 0 aromatic heterocycles. The van der Waals surface area contributed by atoms with E-state index in [0.29, 0.717) is 19.4 Å². The molecule has 3 heterocycles. The Morgan fingerprint density at radius 2 is 1.67 bits per heavy atom. The fourth-order valence-corrected chi connectivity index (χ4v) is 6.84. The number of rotatable bonds is 6. The third-order valence-corrected chi connectivity index (χ3v) is 8.68. The van der Waals surface area contributed by atoms with Crippen LogP contribution in [-0.4, -0.2) is 60.5 Å². The van der Waals surface area contributed by atoms with Crippen molar-refractivity contribution in [3.8, 4) is 11.5 Å². The second-order valence-electron chi connectivity index (χ2n) is 10.8. The number of methoxy groups -OCH3 is 1. The van der Waals surface area contributed by atoms with Gasteiger partial charge in [-0.05, 0) is 69.2 Å². The number of fused-ring (bicyclic) bond motifs is 1. The normalized spacial score (nSPS) is 27.1. The van der Waals surface area contributed by atoms with Gasteiger partial charge in [-0.3, -0.25) is 19.4 Å². The van der Waals surface area contributed by atoms with Gasteiger partial charge < -0.3 is 9.47 Å². The Morgan fingerprint density at radius 1 is 0.939 bits per heavy atom. The van der Waals surface area contributed by atoms with E-state index in [2.05, 4.69) is 4.90 Å². The van der Waals surface area contributed by atoms with Crippen LogP contribution in [0.15, 0.2) is 18.2 Å². The van der Waals surface area contributed by atoms with Gasteiger partial charge in [0.05, 0.1) is 12.6 Å². The van der Waals surface area contributed by atoms with Crippen molar-refractivity contribution in [2.75, 3.05) is 33.4 Å². The molecule has 1 aliphatic carbocycles. The Hall–Kier alpha value is -2.08. The van der Waals surface area contributed by atoms with E-state index in [1.807, 2.05) is 18.2 Å². The fourth-order valence-electron chi connectivity index (χ4n) is 6.84. The fraction of sp³-hybridized carbons (Fsp3) is 0.704. The summed E-state index contributed by atoms with van der Waals surface area (Å²) in [5.74, 6) is 1.99. The van der Waals surface area contributed by atoms with Gasteiger partial charge in [-0.1, -0.05) is 25.3 Å². The zero-order chi connectivity index (χ0) is 22.9. The van der Waals surface area contributed by atoms with Crippen molar-refractivity contribution < 1.29 is 19.1 Å². The smallest absolute Gasteiger partial charge is 0.229 e. The van der Waals surface area contributed by atoms with Crippen LogP contribution in [0.1, 0.15) is 76.2 Å². The summed E-state index contributed by atoms with van der Waals surface area (Å²) in [6.45, 7) is 3.35. The van der Waals surface area contributed by atoms with Crippen LogP contribution in [0.2, 0.25) is 0 Å². The molecule has 0 radical (unpaired) electrons. The molecule has 33 heavy (non-hydrogen) atoms. The van der Waals surface area contributed by atoms with Gasteiger partial charge in [0, 0.05) is 31.4 Å². The molecule has 0 bridgehead atoms. The molecule has 0 N–H and O–H groups in total. The molecular weight excluding hydrogens is 416 g/mol. The Morgan fingerprint density at radius 3 is 2.42 bits per heavy atom. The second kappa shape index (κ2) is 9.28. The molecule has 0 unspecified atom stereocenters. The number of amides is 2. The number of ether oxygens (including phenoxy) is 2. The molecule has 4 aliphatic rings. The maximum Gasteiger partial charge on any atom is 0.229 e. The Labute approximate surface area is 197 Å². The summed E-state index contributed by atoms with van der Waals surface area (Å²) in [5, 5.41) is 0. The maximum absolute atomic E-state index is 12.7. The van der Waals surface area contributed by atoms with Gasteiger partial charge in [-0.2, -0.15) is 0 Å². The molecule has 2 amide bonds. The molecule has 6 heteroatoms. The highest BCUT2D eigenvalue weighted by Crippen LogP contribution is 2.47. The average Bonchev–Trinajstić information content (AvgIpc) is 3.26. The minimum atomic E-state index is -0.0107. The molecule has 1 aromatic rings. The first-order valence-corrected chi connectivity index (χ1v) is 12.9. The number of hydrogen-bond acceptors (Lipinski definition) is 5. The van der Waals surface area contributed by atoms with E-state index in [1.165, 1.54) is 18.4 Å². The largest absolute Gasteiger partial charge is 0.496 e. The first kappa shape index (κ1) is 22.7. The van der Waals surface area contributed by atoms with Crippen LogP contribution < -0.4 is 9.47 Å². The quantitative estimate of drug-likeness (QED) is 0.473. The van der Waals surface area contributed by atoms with Crippen molar-refractivity contribution >= 4 is 11.8 Å². The summed E-state index contributed by atoms with van der Waals surface area (Å²) in [5.41, 5.74) is 1.19. The van der Waals surface area contributed by atoms with E-state index in [9.17, 15) is 9.59 Å². The number of benzene rings is 1. The number of hydrogen-bond donors (Lipinski definition) is 0. The third kappa shape index (κ3) is 4.39. The molecular formula is C27H38N2O4. The molecule has 3 aliphatic heterocycles. The Balaban J connectivity index is 1.17. The van der Waals surface area contributed by atoms with E-state index in [1.54, 1.807) is 12.0 Å². The van der Waals surface area contributed by atoms with Gasteiger partial charge in [-0.25, -0.2) is 0 Å². The van der Waals surface area contributed by atoms with Crippen molar-refractivity contribution in [2.24, 2.45) is 5.41 Å². The monoisotopic (exact) mass is 454 g/mol. The minimum absolute atomic E-state index is 0.0107. The van der Waals surface area contributed by atoms with Crippen LogP contribution in [0.4, 0.5) is 0 Å². The van der Waals surface area contributed by atoms with Crippen molar-refractivity contribution in [3.63, 3.8) is 0 Å². The lowest BCUT2D eigenvalue weighted by Crippen LogP contribution is -2.58. The van der Waals surface area contributed by atoms with Gasteiger partial charge in [0.1, 0.15) is 18.1 Å². The number of nitrogens with zero attached hydrogens (tertiary/aromatic N) is 2. The lowest BCUT2D eigenvalue weighted by molar-refractivity contribution is -0.153. The Bertz CT molecular complexity index is 860. The lowest BCUT2D eigenvalue weighted by atomic mass is 9.76. The molecule has 6 nitrogen and oxygen atoms in total. The summed E-state index contributed by atoms with van der Waals surface area (Å²) in [7, 11) is 1.73. The van der Waals surface area contributed by atoms with Crippen LogP contribution in [0.3, 0.4) is 0 Å². The molecule has 5 rings (SSSR count). The molecule has 2 spiro atoms. The van der Waals surface area contributed by atoms with Gasteiger partial charge in [0.25, 0.3) is 0 Å². The first-order valence-electron chi connectivity index (χ1n) is 12.9. The number of carbonyl (C=O) groups excluding carboxylic acids is 2. The summed E-state index contributed by atoms with van der Waals surface area (Å²) >= 11 is 0. The molecule has 1 saturated carbocycles. The predicted octanol–water partition coefficient (Wildman–Crippen LogP) is 4.34.